The van der Waals surface area contributed by atoms with Crippen LogP contribution in [-0.4, -0.2) is 48.3 Å². The molecule has 1 heterocycles. The lowest BCUT2D eigenvalue weighted by molar-refractivity contribution is 0.0597. The molecule has 13 heavy (non-hydrogen) atoms. The summed E-state index contributed by atoms with van der Waals surface area (Å²) in [6, 6.07) is 0. The first-order chi connectivity index (χ1) is 6.23. The van der Waals surface area contributed by atoms with E-state index in [2.05, 4.69) is 24.1 Å². The van der Waals surface area contributed by atoms with Gasteiger partial charge in [-0.3, -0.25) is 4.90 Å². The van der Waals surface area contributed by atoms with Crippen LogP contribution in [-0.2, 0) is 0 Å². The van der Waals surface area contributed by atoms with E-state index in [0.717, 1.165) is 26.2 Å². The van der Waals surface area contributed by atoms with Crippen LogP contribution in [0.25, 0.3) is 0 Å². The summed E-state index contributed by atoms with van der Waals surface area (Å²) in [6.07, 6.45) is 2.39. The molecule has 1 aliphatic rings. The van der Waals surface area contributed by atoms with Crippen LogP contribution < -0.4 is 5.32 Å². The fraction of sp³-hybridized carbons (Fsp3) is 1.00. The first-order valence-electron chi connectivity index (χ1n) is 5.29. The molecule has 3 heteroatoms. The zero-order valence-corrected chi connectivity index (χ0v) is 8.84. The average Bonchev–Trinajstić information content (AvgIpc) is 2.15. The van der Waals surface area contributed by atoms with Crippen molar-refractivity contribution < 1.29 is 5.11 Å². The van der Waals surface area contributed by atoms with E-state index in [-0.39, 0.29) is 6.61 Å². The molecule has 0 radical (unpaired) electrons. The highest BCUT2D eigenvalue weighted by atomic mass is 16.3. The lowest BCUT2D eigenvalue weighted by atomic mass is 9.88. The van der Waals surface area contributed by atoms with Gasteiger partial charge in [-0.25, -0.2) is 0 Å². The van der Waals surface area contributed by atoms with E-state index in [4.69, 9.17) is 5.11 Å². The monoisotopic (exact) mass is 186 g/mol. The summed E-state index contributed by atoms with van der Waals surface area (Å²) in [5.41, 5.74) is 0.308. The van der Waals surface area contributed by atoms with Gasteiger partial charge in [0.25, 0.3) is 0 Å². The molecule has 0 spiro atoms. The van der Waals surface area contributed by atoms with E-state index in [1.165, 1.54) is 12.8 Å². The SMILES string of the molecule is CCN(CCO)C1(C)CCNCC1. The van der Waals surface area contributed by atoms with Crippen molar-refractivity contribution in [2.24, 2.45) is 0 Å². The van der Waals surface area contributed by atoms with Crippen LogP contribution in [0.5, 0.6) is 0 Å². The highest BCUT2D eigenvalue weighted by Gasteiger charge is 2.31. The number of β-amino-alcohol motifs (C(OH)–C–C–N with tert-alkyl or cyclic N) is 1. The van der Waals surface area contributed by atoms with E-state index in [1.54, 1.807) is 0 Å². The van der Waals surface area contributed by atoms with E-state index in [0.29, 0.717) is 5.54 Å². The summed E-state index contributed by atoms with van der Waals surface area (Å²) in [4.78, 5) is 2.40. The van der Waals surface area contributed by atoms with Crippen molar-refractivity contribution in [1.82, 2.24) is 10.2 Å². The molecule has 0 aromatic carbocycles. The molecule has 0 aromatic rings. The first kappa shape index (κ1) is 11.0. The quantitative estimate of drug-likeness (QED) is 0.669. The molecule has 0 aromatic heterocycles. The zero-order chi connectivity index (χ0) is 9.73. The third-order valence-corrected chi connectivity index (χ3v) is 3.20. The number of hydrogen-bond donors (Lipinski definition) is 2. The highest BCUT2D eigenvalue weighted by molar-refractivity contribution is 4.90. The summed E-state index contributed by atoms with van der Waals surface area (Å²) in [5.74, 6) is 0. The van der Waals surface area contributed by atoms with Crippen LogP contribution in [0.2, 0.25) is 0 Å². The molecule has 1 aliphatic heterocycles. The Morgan fingerprint density at radius 2 is 2.00 bits per heavy atom. The number of hydrogen-bond acceptors (Lipinski definition) is 3. The molecule has 3 nitrogen and oxygen atoms in total. The van der Waals surface area contributed by atoms with Crippen LogP contribution in [0.3, 0.4) is 0 Å². The fourth-order valence-corrected chi connectivity index (χ4v) is 2.21. The molecule has 0 bridgehead atoms. The summed E-state index contributed by atoms with van der Waals surface area (Å²) in [5, 5.41) is 12.3. The number of aliphatic hydroxyl groups is 1. The van der Waals surface area contributed by atoms with Gasteiger partial charge in [0.05, 0.1) is 6.61 Å². The normalized spacial score (nSPS) is 22.2. The Bertz CT molecular complexity index is 144. The molecule has 0 unspecified atom stereocenters. The van der Waals surface area contributed by atoms with Gasteiger partial charge in [0.15, 0.2) is 0 Å². The Hall–Kier alpha value is -0.120. The predicted molar refractivity (Wildman–Crippen MR) is 54.8 cm³/mol. The van der Waals surface area contributed by atoms with E-state index in [9.17, 15) is 0 Å². The minimum atomic E-state index is 0.275. The Kier molecular flexibility index (Phi) is 4.16. The van der Waals surface area contributed by atoms with Crippen molar-refractivity contribution in [3.05, 3.63) is 0 Å². The third-order valence-electron chi connectivity index (χ3n) is 3.20. The van der Waals surface area contributed by atoms with Gasteiger partial charge in [0.1, 0.15) is 0 Å². The maximum Gasteiger partial charge on any atom is 0.0558 e. The number of aliphatic hydroxyl groups excluding tert-OH is 1. The fourth-order valence-electron chi connectivity index (χ4n) is 2.21. The van der Waals surface area contributed by atoms with Crippen molar-refractivity contribution in [3.8, 4) is 0 Å². The lowest BCUT2D eigenvalue weighted by Crippen LogP contribution is -2.53. The van der Waals surface area contributed by atoms with Crippen LogP contribution in [0.1, 0.15) is 26.7 Å². The smallest absolute Gasteiger partial charge is 0.0558 e. The van der Waals surface area contributed by atoms with Crippen LogP contribution in [0, 0.1) is 0 Å². The maximum atomic E-state index is 8.96. The Morgan fingerprint density at radius 3 is 2.46 bits per heavy atom. The van der Waals surface area contributed by atoms with Crippen LogP contribution >= 0.6 is 0 Å². The second-order valence-corrected chi connectivity index (χ2v) is 4.05. The summed E-state index contributed by atoms with van der Waals surface area (Å²) in [6.45, 7) is 8.83. The van der Waals surface area contributed by atoms with Gasteiger partial charge in [-0.15, -0.1) is 0 Å². The molecule has 1 fully saturated rings. The minimum absolute atomic E-state index is 0.275. The standard InChI is InChI=1S/C10H22N2O/c1-3-12(8-9-13)10(2)4-6-11-7-5-10/h11,13H,3-9H2,1-2H3. The number of piperidine rings is 1. The molecular formula is C10H22N2O. The topological polar surface area (TPSA) is 35.5 Å². The number of likely N-dealkylation sites (N-methyl/N-ethyl adjacent to an activating group) is 1. The zero-order valence-electron chi connectivity index (χ0n) is 8.84. The average molecular weight is 186 g/mol. The van der Waals surface area contributed by atoms with Gasteiger partial charge < -0.3 is 10.4 Å². The van der Waals surface area contributed by atoms with E-state index >= 15 is 0 Å². The Balaban J connectivity index is 2.52. The summed E-state index contributed by atoms with van der Waals surface area (Å²) < 4.78 is 0. The van der Waals surface area contributed by atoms with Crippen molar-refractivity contribution in [3.63, 3.8) is 0 Å². The number of nitrogens with zero attached hydrogens (tertiary/aromatic N) is 1. The Labute approximate surface area is 81.1 Å². The number of nitrogens with one attached hydrogen (secondary N) is 1. The second kappa shape index (κ2) is 4.94. The lowest BCUT2D eigenvalue weighted by Gasteiger charge is -2.43. The van der Waals surface area contributed by atoms with Gasteiger partial charge in [-0.2, -0.15) is 0 Å². The van der Waals surface area contributed by atoms with E-state index in [1.807, 2.05) is 0 Å². The molecule has 1 saturated heterocycles. The molecule has 0 amide bonds. The number of rotatable bonds is 4. The largest absolute Gasteiger partial charge is 0.395 e. The molecular weight excluding hydrogens is 164 g/mol. The minimum Gasteiger partial charge on any atom is -0.395 e. The van der Waals surface area contributed by atoms with Crippen molar-refractivity contribution in [2.45, 2.75) is 32.2 Å². The molecule has 0 saturated carbocycles. The second-order valence-electron chi connectivity index (χ2n) is 4.05. The van der Waals surface area contributed by atoms with Crippen LogP contribution in [0.4, 0.5) is 0 Å². The van der Waals surface area contributed by atoms with Gasteiger partial charge >= 0.3 is 0 Å². The first-order valence-corrected chi connectivity index (χ1v) is 5.29. The highest BCUT2D eigenvalue weighted by Crippen LogP contribution is 2.24. The summed E-state index contributed by atoms with van der Waals surface area (Å²) >= 11 is 0. The predicted octanol–water partition coefficient (Wildman–Crippen LogP) is 0.443. The van der Waals surface area contributed by atoms with Crippen LogP contribution in [0.15, 0.2) is 0 Å². The van der Waals surface area contributed by atoms with Crippen molar-refractivity contribution in [1.29, 1.82) is 0 Å². The molecule has 0 atom stereocenters. The van der Waals surface area contributed by atoms with Crippen molar-refractivity contribution >= 4 is 0 Å². The molecule has 78 valence electrons. The maximum absolute atomic E-state index is 8.96. The third kappa shape index (κ3) is 2.66. The van der Waals surface area contributed by atoms with Gasteiger partial charge in [-0.1, -0.05) is 6.92 Å². The molecule has 2 N–H and O–H groups in total. The van der Waals surface area contributed by atoms with Gasteiger partial charge in [0.2, 0.25) is 0 Å². The van der Waals surface area contributed by atoms with E-state index < -0.39 is 0 Å². The van der Waals surface area contributed by atoms with Crippen molar-refractivity contribution in [2.75, 3.05) is 32.8 Å². The van der Waals surface area contributed by atoms with Gasteiger partial charge in [0, 0.05) is 12.1 Å². The molecule has 1 rings (SSSR count). The van der Waals surface area contributed by atoms with Gasteiger partial charge in [-0.05, 0) is 39.4 Å². The summed E-state index contributed by atoms with van der Waals surface area (Å²) in [7, 11) is 0. The Morgan fingerprint density at radius 1 is 1.38 bits per heavy atom. The molecule has 0 aliphatic carbocycles.